The van der Waals surface area contributed by atoms with Gasteiger partial charge in [0.2, 0.25) is 5.78 Å². The number of likely N-dealkylation sites (N-methyl/N-ethyl adjacent to an activating group) is 1. The van der Waals surface area contributed by atoms with Gasteiger partial charge in [-0.25, -0.2) is 0 Å². The van der Waals surface area contributed by atoms with E-state index in [1.807, 2.05) is 7.05 Å². The number of rotatable bonds is 2. The van der Waals surface area contributed by atoms with Crippen molar-refractivity contribution in [3.05, 3.63) is 45.4 Å². The number of fused-ring (bicyclic) bond motifs is 7. The molecule has 11 nitrogen and oxygen atoms in total. The summed E-state index contributed by atoms with van der Waals surface area (Å²) in [5, 5.41) is 45.3. The summed E-state index contributed by atoms with van der Waals surface area (Å²) in [5.41, 5.74) is 4.41. The van der Waals surface area contributed by atoms with Gasteiger partial charge in [0.15, 0.2) is 11.4 Å². The second-order valence-corrected chi connectivity index (χ2v) is 12.0. The number of carbonyl (C=O) groups is 3. The number of Topliss-reactive ketones (excluding diaryl/α,β-unsaturated/α-hetero) is 2. The first kappa shape index (κ1) is 25.8. The number of phenolic OH excluding ortho intramolecular Hbond substituents is 1. The van der Waals surface area contributed by atoms with Crippen LogP contribution in [0.2, 0.25) is 0 Å². The van der Waals surface area contributed by atoms with Crippen LogP contribution >= 0.6 is 0 Å². The topological polar surface area (TPSA) is 168 Å². The molecule has 3 aliphatic carbocycles. The molecule has 6 N–H and O–H groups in total. The maximum absolute atomic E-state index is 14.0. The number of aliphatic hydroxyl groups excluding tert-OH is 2. The highest BCUT2D eigenvalue weighted by molar-refractivity contribution is 6.25. The van der Waals surface area contributed by atoms with Crippen LogP contribution < -0.4 is 10.6 Å². The molecule has 2 aliphatic heterocycles. The molecule has 1 fully saturated rings. The highest BCUT2D eigenvalue weighted by Crippen LogP contribution is 2.55. The predicted octanol–water partition coefficient (Wildman–Crippen LogP) is 0.563. The predicted molar refractivity (Wildman–Crippen MR) is 140 cm³/mol. The van der Waals surface area contributed by atoms with E-state index in [1.165, 1.54) is 0 Å². The van der Waals surface area contributed by atoms with Gasteiger partial charge in [-0.15, -0.1) is 0 Å². The van der Waals surface area contributed by atoms with Gasteiger partial charge < -0.3 is 31.1 Å². The van der Waals surface area contributed by atoms with Gasteiger partial charge >= 0.3 is 0 Å². The second-order valence-electron chi connectivity index (χ2n) is 12.0. The number of benzene rings is 1. The average molecular weight is 539 g/mol. The zero-order valence-electron chi connectivity index (χ0n) is 22.4. The van der Waals surface area contributed by atoms with E-state index in [9.17, 15) is 34.8 Å². The van der Waals surface area contributed by atoms with Crippen molar-refractivity contribution in [2.75, 3.05) is 46.2 Å². The van der Waals surface area contributed by atoms with E-state index in [4.69, 9.17) is 5.73 Å². The van der Waals surface area contributed by atoms with Crippen molar-refractivity contribution in [1.29, 1.82) is 0 Å². The van der Waals surface area contributed by atoms with E-state index in [0.717, 1.165) is 30.8 Å². The normalized spacial score (nSPS) is 34.1. The number of phenols is 1. The molecule has 0 bridgehead atoms. The number of nitrogens with two attached hydrogens (primary N) is 1. The van der Waals surface area contributed by atoms with Crippen molar-refractivity contribution < 1.29 is 34.8 Å². The van der Waals surface area contributed by atoms with Gasteiger partial charge in [0.1, 0.15) is 22.8 Å². The van der Waals surface area contributed by atoms with Crippen molar-refractivity contribution in [3.8, 4) is 5.75 Å². The fourth-order valence-electron chi connectivity index (χ4n) is 8.17. The molecule has 0 aromatic heterocycles. The molecule has 2 unspecified atom stereocenters. The van der Waals surface area contributed by atoms with Gasteiger partial charge in [-0.3, -0.25) is 24.2 Å². The van der Waals surface area contributed by atoms with Crippen LogP contribution in [0.15, 0.2) is 28.7 Å². The molecule has 208 valence electrons. The number of primary amides is 1. The minimum atomic E-state index is -2.63. The van der Waals surface area contributed by atoms with Gasteiger partial charge in [0.05, 0.1) is 11.6 Å². The lowest BCUT2D eigenvalue weighted by atomic mass is 9.58. The summed E-state index contributed by atoms with van der Waals surface area (Å²) in [6.45, 7) is 1.74. The molecule has 6 atom stereocenters. The number of aliphatic hydroxyl groups is 3. The molecule has 1 saturated heterocycles. The van der Waals surface area contributed by atoms with E-state index >= 15 is 0 Å². The fraction of sp³-hybridized carbons (Fsp3) is 0.536. The second kappa shape index (κ2) is 8.30. The summed E-state index contributed by atoms with van der Waals surface area (Å²) in [5.74, 6) is -5.98. The number of anilines is 1. The standard InChI is InChI=1S/C28H34N4O7/c1-30(2)22-15-8-12-7-13-18(16(33)9-14-20-11(5-6-31(20)3)10-32(4)21(13)14)23(34)17(12)25(36)28(15,39)26(37)19(24(22)35)27(29)38/h9,11-12,15,20,22,33,35-36,39H,5-8,10H2,1-4H3,(H2,29,38)/t11?,12-,15-,20?,22+,28+/m1/s1. The Morgan fingerprint density at radius 1 is 1.18 bits per heavy atom. The van der Waals surface area contributed by atoms with Crippen LogP contribution in [0.25, 0.3) is 0 Å². The molecule has 0 saturated carbocycles. The Balaban J connectivity index is 1.55. The summed E-state index contributed by atoms with van der Waals surface area (Å²) in [6, 6.07) is 0.746. The summed E-state index contributed by atoms with van der Waals surface area (Å²) < 4.78 is 0. The van der Waals surface area contributed by atoms with Gasteiger partial charge in [-0.1, -0.05) is 0 Å². The number of allylic oxidation sites excluding steroid dienone is 1. The molecular formula is C28H34N4O7. The first-order valence-electron chi connectivity index (χ1n) is 13.3. The molecule has 6 rings (SSSR count). The highest BCUT2D eigenvalue weighted by atomic mass is 16.3. The highest BCUT2D eigenvalue weighted by Gasteiger charge is 2.63. The molecular weight excluding hydrogens is 504 g/mol. The quantitative estimate of drug-likeness (QED) is 0.336. The molecule has 11 heteroatoms. The fourth-order valence-corrected chi connectivity index (χ4v) is 8.17. The molecule has 0 radical (unpaired) electrons. The third kappa shape index (κ3) is 3.17. The summed E-state index contributed by atoms with van der Waals surface area (Å²) in [7, 11) is 7.27. The van der Waals surface area contributed by atoms with E-state index in [2.05, 4.69) is 16.8 Å². The largest absolute Gasteiger partial charge is 0.510 e. The number of hydrogen-bond acceptors (Lipinski definition) is 10. The van der Waals surface area contributed by atoms with Gasteiger partial charge in [-0.05, 0) is 76.0 Å². The van der Waals surface area contributed by atoms with E-state index in [0.29, 0.717) is 11.5 Å². The summed E-state index contributed by atoms with van der Waals surface area (Å²) >= 11 is 0. The lowest BCUT2D eigenvalue weighted by Gasteiger charge is -2.50. The molecule has 39 heavy (non-hydrogen) atoms. The van der Waals surface area contributed by atoms with Crippen molar-refractivity contribution in [2.45, 2.75) is 36.9 Å². The Bertz CT molecular complexity index is 1410. The molecule has 1 aromatic carbocycles. The van der Waals surface area contributed by atoms with Gasteiger partial charge in [-0.2, -0.15) is 0 Å². The maximum Gasteiger partial charge on any atom is 0.255 e. The van der Waals surface area contributed by atoms with Crippen LogP contribution in [-0.4, -0.2) is 101 Å². The Morgan fingerprint density at radius 2 is 1.87 bits per heavy atom. The molecule has 1 amide bonds. The number of amides is 1. The number of ketones is 2. The Labute approximate surface area is 225 Å². The minimum absolute atomic E-state index is 0.0560. The summed E-state index contributed by atoms with van der Waals surface area (Å²) in [6.07, 6.45) is 1.40. The van der Waals surface area contributed by atoms with Crippen molar-refractivity contribution in [2.24, 2.45) is 23.5 Å². The van der Waals surface area contributed by atoms with E-state index in [-0.39, 0.29) is 35.8 Å². The zero-order chi connectivity index (χ0) is 28.3. The third-order valence-corrected chi connectivity index (χ3v) is 9.71. The smallest absolute Gasteiger partial charge is 0.255 e. The lowest BCUT2D eigenvalue weighted by Crippen LogP contribution is -2.63. The van der Waals surface area contributed by atoms with Crippen molar-refractivity contribution in [3.63, 3.8) is 0 Å². The lowest BCUT2D eigenvalue weighted by molar-refractivity contribution is -0.148. The number of aromatic hydroxyl groups is 1. The third-order valence-electron chi connectivity index (χ3n) is 9.71. The molecule has 1 aromatic rings. The molecule has 5 aliphatic rings. The first-order chi connectivity index (χ1) is 18.3. The summed E-state index contributed by atoms with van der Waals surface area (Å²) in [4.78, 5) is 45.5. The SMILES string of the molecule is CN1CC2CCN(C)C2c2cc(O)c3c(c21)C[C@@H]1C[C@@H]2[C@H](N(C)C)C(O)=C(C(N)=O)C(=O)[C@@]2(O)C(O)=C1C3=O. The number of likely N-dealkylation sites (tertiary alicyclic amines) is 1. The van der Waals surface area contributed by atoms with Gasteiger partial charge in [0.25, 0.3) is 5.91 Å². The molecule has 2 heterocycles. The van der Waals surface area contributed by atoms with E-state index < -0.39 is 58.0 Å². The zero-order valence-corrected chi connectivity index (χ0v) is 22.4. The van der Waals surface area contributed by atoms with Crippen LogP contribution in [0.1, 0.15) is 40.4 Å². The Kier molecular flexibility index (Phi) is 5.50. The minimum Gasteiger partial charge on any atom is -0.510 e. The van der Waals surface area contributed by atoms with Crippen LogP contribution in [0.4, 0.5) is 5.69 Å². The van der Waals surface area contributed by atoms with Crippen molar-refractivity contribution >= 4 is 23.2 Å². The van der Waals surface area contributed by atoms with Crippen LogP contribution in [0, 0.1) is 17.8 Å². The van der Waals surface area contributed by atoms with Crippen molar-refractivity contribution in [1.82, 2.24) is 9.80 Å². The number of carbonyl (C=O) groups excluding carboxylic acids is 3. The van der Waals surface area contributed by atoms with Crippen LogP contribution in [0.3, 0.4) is 0 Å². The number of nitrogens with zero attached hydrogens (tertiary/aromatic N) is 3. The Hall–Kier alpha value is -3.41. The Morgan fingerprint density at radius 3 is 2.51 bits per heavy atom. The molecule has 0 spiro atoms. The van der Waals surface area contributed by atoms with Gasteiger partial charge in [0, 0.05) is 36.8 Å². The number of hydrogen-bond donors (Lipinski definition) is 5. The monoisotopic (exact) mass is 538 g/mol. The van der Waals surface area contributed by atoms with Crippen LogP contribution in [-0.2, 0) is 16.0 Å². The van der Waals surface area contributed by atoms with E-state index in [1.54, 1.807) is 25.1 Å². The first-order valence-corrected chi connectivity index (χ1v) is 13.3. The van der Waals surface area contributed by atoms with Crippen LogP contribution in [0.5, 0.6) is 5.75 Å². The average Bonchev–Trinajstić information content (AvgIpc) is 3.21. The maximum atomic E-state index is 14.0.